The summed E-state index contributed by atoms with van der Waals surface area (Å²) in [5, 5.41) is 0. The van der Waals surface area contributed by atoms with Crippen LogP contribution in [0.4, 0.5) is 0 Å². The van der Waals surface area contributed by atoms with E-state index in [-0.39, 0.29) is 18.3 Å². The monoisotopic (exact) mass is 249 g/mol. The maximum atomic E-state index is 6.06. The lowest BCUT2D eigenvalue weighted by molar-refractivity contribution is 0.00578. The molecule has 4 heteroatoms. The van der Waals surface area contributed by atoms with Gasteiger partial charge in [-0.15, -0.1) is 0 Å². The zero-order chi connectivity index (χ0) is 13.0. The van der Waals surface area contributed by atoms with E-state index >= 15 is 0 Å². The predicted molar refractivity (Wildman–Crippen MR) is 73.4 cm³/mol. The molecule has 1 unspecified atom stereocenters. The van der Waals surface area contributed by atoms with E-state index in [9.17, 15) is 0 Å². The molecule has 0 N–H and O–H groups in total. The summed E-state index contributed by atoms with van der Waals surface area (Å²) in [7, 11) is -0.162. The van der Waals surface area contributed by atoms with Crippen LogP contribution in [0.3, 0.4) is 0 Å². The maximum absolute atomic E-state index is 6.06. The third kappa shape index (κ3) is 1.95. The van der Waals surface area contributed by atoms with Crippen LogP contribution in [0.1, 0.15) is 47.0 Å². The van der Waals surface area contributed by atoms with Crippen LogP contribution in [0.2, 0.25) is 0 Å². The van der Waals surface area contributed by atoms with Gasteiger partial charge in [0.15, 0.2) is 0 Å². The van der Waals surface area contributed by atoms with Crippen molar-refractivity contribution >= 4 is 7.12 Å². The fourth-order valence-electron chi connectivity index (χ4n) is 3.28. The molecule has 3 nitrogen and oxygen atoms in total. The van der Waals surface area contributed by atoms with E-state index in [0.717, 1.165) is 0 Å². The van der Waals surface area contributed by atoms with Gasteiger partial charge in [-0.1, -0.05) is 11.5 Å². The lowest BCUT2D eigenvalue weighted by Crippen LogP contribution is -2.41. The van der Waals surface area contributed by atoms with Gasteiger partial charge in [0.2, 0.25) is 0 Å². The van der Waals surface area contributed by atoms with E-state index in [1.54, 1.807) is 0 Å². The highest BCUT2D eigenvalue weighted by atomic mass is 16.7. The van der Waals surface area contributed by atoms with E-state index < -0.39 is 0 Å². The molecule has 3 saturated heterocycles. The summed E-state index contributed by atoms with van der Waals surface area (Å²) in [4.78, 5) is 2.59. The van der Waals surface area contributed by atoms with E-state index in [2.05, 4.69) is 38.6 Å². The summed E-state index contributed by atoms with van der Waals surface area (Å²) in [5.41, 5.74) is 1.09. The fraction of sp³-hybridized carbons (Fsp3) is 0.857. The third-order valence-electron chi connectivity index (χ3n) is 5.10. The number of nitrogens with zero attached hydrogens (tertiary/aromatic N) is 1. The number of rotatable bonds is 1. The average molecular weight is 249 g/mol. The molecule has 0 spiro atoms. The molecule has 100 valence electrons. The molecule has 0 aromatic heterocycles. The minimum absolute atomic E-state index is 0.162. The molecular formula is C14H24BNO2. The quantitative estimate of drug-likeness (QED) is 0.666. The Hall–Kier alpha value is -0.315. The minimum Gasteiger partial charge on any atom is -0.400 e. The van der Waals surface area contributed by atoms with Crippen LogP contribution >= 0.6 is 0 Å². The van der Waals surface area contributed by atoms with Gasteiger partial charge in [0.25, 0.3) is 0 Å². The van der Waals surface area contributed by atoms with Crippen molar-refractivity contribution in [3.63, 3.8) is 0 Å². The molecule has 0 aliphatic carbocycles. The number of fused-ring (bicyclic) bond motifs is 1. The second-order valence-electron chi connectivity index (χ2n) is 6.81. The van der Waals surface area contributed by atoms with Crippen LogP contribution in [-0.2, 0) is 9.31 Å². The number of hydrogen-bond acceptors (Lipinski definition) is 3. The summed E-state index contributed by atoms with van der Waals surface area (Å²) in [6.45, 7) is 10.9. The van der Waals surface area contributed by atoms with Gasteiger partial charge in [-0.25, -0.2) is 0 Å². The Morgan fingerprint density at radius 3 is 2.50 bits per heavy atom. The minimum atomic E-state index is -0.220. The molecule has 0 saturated carbocycles. The summed E-state index contributed by atoms with van der Waals surface area (Å²) >= 11 is 0. The lowest BCUT2D eigenvalue weighted by Gasteiger charge is -2.32. The first-order valence-corrected chi connectivity index (χ1v) is 7.19. The SMILES string of the molecule is CC1(C)OB(/C=C2/CCN3CCCC23)OC1(C)C. The molecule has 3 aliphatic heterocycles. The highest BCUT2D eigenvalue weighted by molar-refractivity contribution is 6.51. The van der Waals surface area contributed by atoms with Crippen molar-refractivity contribution in [1.82, 2.24) is 4.90 Å². The van der Waals surface area contributed by atoms with E-state index in [4.69, 9.17) is 9.31 Å². The predicted octanol–water partition coefficient (Wildman–Crippen LogP) is 2.41. The Labute approximate surface area is 111 Å². The highest BCUT2D eigenvalue weighted by Gasteiger charge is 2.50. The van der Waals surface area contributed by atoms with Gasteiger partial charge in [-0.05, 0) is 53.5 Å². The van der Waals surface area contributed by atoms with Crippen LogP contribution in [-0.4, -0.2) is 42.4 Å². The smallest absolute Gasteiger partial charge is 0.400 e. The summed E-state index contributed by atoms with van der Waals surface area (Å²) < 4.78 is 12.1. The van der Waals surface area contributed by atoms with Gasteiger partial charge in [0, 0.05) is 12.6 Å². The maximum Gasteiger partial charge on any atom is 0.487 e. The third-order valence-corrected chi connectivity index (χ3v) is 5.10. The van der Waals surface area contributed by atoms with Gasteiger partial charge >= 0.3 is 7.12 Å². The topological polar surface area (TPSA) is 21.7 Å². The van der Waals surface area contributed by atoms with Gasteiger partial charge in [0.05, 0.1) is 11.2 Å². The van der Waals surface area contributed by atoms with Crippen LogP contribution in [0, 0.1) is 0 Å². The average Bonchev–Trinajstić information content (AvgIpc) is 2.84. The van der Waals surface area contributed by atoms with Gasteiger partial charge in [0.1, 0.15) is 0 Å². The van der Waals surface area contributed by atoms with E-state index in [0.29, 0.717) is 6.04 Å². The Morgan fingerprint density at radius 2 is 1.83 bits per heavy atom. The van der Waals surface area contributed by atoms with Crippen molar-refractivity contribution in [3.8, 4) is 0 Å². The van der Waals surface area contributed by atoms with Gasteiger partial charge in [-0.2, -0.15) is 0 Å². The zero-order valence-electron chi connectivity index (χ0n) is 12.0. The standard InChI is InChI=1S/C14H24BNO2/c1-13(2)14(3,4)18-15(17-13)10-11-7-9-16-8-5-6-12(11)16/h10,12H,5-9H2,1-4H3/b11-10-. The van der Waals surface area contributed by atoms with Crippen LogP contribution in [0.15, 0.2) is 11.5 Å². The molecule has 0 aromatic carbocycles. The van der Waals surface area contributed by atoms with Gasteiger partial charge < -0.3 is 9.31 Å². The normalized spacial score (nSPS) is 36.6. The Morgan fingerprint density at radius 1 is 1.17 bits per heavy atom. The second kappa shape index (κ2) is 4.09. The lowest BCUT2D eigenvalue weighted by atomic mass is 9.84. The van der Waals surface area contributed by atoms with Crippen LogP contribution in [0.25, 0.3) is 0 Å². The first-order valence-electron chi connectivity index (χ1n) is 7.19. The molecule has 3 fully saturated rings. The van der Waals surface area contributed by atoms with Crippen molar-refractivity contribution in [2.75, 3.05) is 13.1 Å². The summed E-state index contributed by atoms with van der Waals surface area (Å²) in [5.74, 6) is 2.24. The van der Waals surface area contributed by atoms with Crippen molar-refractivity contribution in [2.24, 2.45) is 0 Å². The molecule has 0 amide bonds. The number of hydrogen-bond donors (Lipinski definition) is 0. The van der Waals surface area contributed by atoms with Crippen molar-refractivity contribution in [2.45, 2.75) is 64.2 Å². The van der Waals surface area contributed by atoms with Crippen LogP contribution in [0.5, 0.6) is 0 Å². The van der Waals surface area contributed by atoms with Crippen molar-refractivity contribution in [3.05, 3.63) is 11.5 Å². The van der Waals surface area contributed by atoms with Gasteiger partial charge in [-0.3, -0.25) is 4.90 Å². The van der Waals surface area contributed by atoms with E-state index in [1.165, 1.54) is 37.9 Å². The largest absolute Gasteiger partial charge is 0.487 e. The molecular weight excluding hydrogens is 225 g/mol. The molecule has 3 aliphatic rings. The molecule has 3 heterocycles. The molecule has 18 heavy (non-hydrogen) atoms. The Kier molecular flexibility index (Phi) is 2.89. The zero-order valence-corrected chi connectivity index (χ0v) is 12.0. The summed E-state index contributed by atoms with van der Waals surface area (Å²) in [6.07, 6.45) is 3.84. The highest BCUT2D eigenvalue weighted by Crippen LogP contribution is 2.39. The van der Waals surface area contributed by atoms with Crippen molar-refractivity contribution < 1.29 is 9.31 Å². The summed E-state index contributed by atoms with van der Waals surface area (Å²) in [6, 6.07) is 0.670. The fourth-order valence-corrected chi connectivity index (χ4v) is 3.28. The molecule has 0 aromatic rings. The molecule has 0 radical (unpaired) electrons. The van der Waals surface area contributed by atoms with Crippen LogP contribution < -0.4 is 0 Å². The molecule has 1 atom stereocenters. The molecule has 0 bridgehead atoms. The Bertz CT molecular complexity index is 362. The first kappa shape index (κ1) is 12.7. The molecule has 3 rings (SSSR count). The first-order chi connectivity index (χ1) is 8.39. The second-order valence-corrected chi connectivity index (χ2v) is 6.81. The van der Waals surface area contributed by atoms with E-state index in [1.807, 2.05) is 0 Å². The Balaban J connectivity index is 1.74. The van der Waals surface area contributed by atoms with Crippen molar-refractivity contribution in [1.29, 1.82) is 0 Å².